The molecular formula is C8H15F3N2O3S. The van der Waals surface area contributed by atoms with Crippen molar-refractivity contribution in [2.45, 2.75) is 25.4 Å². The maximum absolute atomic E-state index is 11.8. The third-order valence-corrected chi connectivity index (χ3v) is 3.75. The van der Waals surface area contributed by atoms with E-state index in [1.165, 1.54) is 4.72 Å². The molecule has 9 heteroatoms. The molecule has 3 N–H and O–H groups in total. The summed E-state index contributed by atoms with van der Waals surface area (Å²) in [7, 11) is -4.13. The van der Waals surface area contributed by atoms with Crippen LogP contribution in [0.4, 0.5) is 13.2 Å². The van der Waals surface area contributed by atoms with Crippen LogP contribution in [-0.2, 0) is 10.2 Å². The minimum atomic E-state index is -4.57. The molecule has 0 saturated heterocycles. The Labute approximate surface area is 97.6 Å². The second kappa shape index (κ2) is 5.09. The van der Waals surface area contributed by atoms with Crippen molar-refractivity contribution in [3.63, 3.8) is 0 Å². The van der Waals surface area contributed by atoms with Gasteiger partial charge in [0.05, 0.1) is 0 Å². The Kier molecular flexibility index (Phi) is 4.39. The van der Waals surface area contributed by atoms with Gasteiger partial charge in [0.1, 0.15) is 6.54 Å². The fraction of sp³-hybridized carbons (Fsp3) is 1.00. The lowest BCUT2D eigenvalue weighted by Gasteiger charge is -2.15. The van der Waals surface area contributed by atoms with E-state index in [1.807, 2.05) is 0 Å². The first-order valence-electron chi connectivity index (χ1n) is 5.10. The summed E-state index contributed by atoms with van der Waals surface area (Å²) in [5, 5.41) is 8.74. The molecule has 0 amide bonds. The fourth-order valence-corrected chi connectivity index (χ4v) is 2.36. The molecule has 1 saturated carbocycles. The predicted molar refractivity (Wildman–Crippen MR) is 54.4 cm³/mol. The van der Waals surface area contributed by atoms with Crippen LogP contribution in [0.15, 0.2) is 0 Å². The molecule has 0 unspecified atom stereocenters. The summed E-state index contributed by atoms with van der Waals surface area (Å²) in [4.78, 5) is 0. The van der Waals surface area contributed by atoms with E-state index >= 15 is 0 Å². The number of rotatable bonds is 7. The highest BCUT2D eigenvalue weighted by molar-refractivity contribution is 7.87. The van der Waals surface area contributed by atoms with Crippen LogP contribution in [0.3, 0.4) is 0 Å². The van der Waals surface area contributed by atoms with Crippen molar-refractivity contribution in [3.8, 4) is 0 Å². The molecule has 0 heterocycles. The van der Waals surface area contributed by atoms with Crippen molar-refractivity contribution in [1.82, 2.24) is 9.44 Å². The largest absolute Gasteiger partial charge is 0.402 e. The number of nitrogens with one attached hydrogen (secondary N) is 2. The molecule has 0 atom stereocenters. The zero-order valence-corrected chi connectivity index (χ0v) is 9.86. The molecular weight excluding hydrogens is 261 g/mol. The van der Waals surface area contributed by atoms with Gasteiger partial charge in [0.25, 0.3) is 10.2 Å². The van der Waals surface area contributed by atoms with E-state index in [0.29, 0.717) is 6.42 Å². The summed E-state index contributed by atoms with van der Waals surface area (Å²) in [5.74, 6) is 0. The van der Waals surface area contributed by atoms with Gasteiger partial charge in [0, 0.05) is 13.2 Å². The topological polar surface area (TPSA) is 78.4 Å². The van der Waals surface area contributed by atoms with Gasteiger partial charge in [0.15, 0.2) is 0 Å². The number of hydrogen-bond donors (Lipinski definition) is 3. The zero-order valence-electron chi connectivity index (χ0n) is 9.05. The predicted octanol–water partition coefficient (Wildman–Crippen LogP) is 0.135. The van der Waals surface area contributed by atoms with Gasteiger partial charge in [-0.2, -0.15) is 26.3 Å². The van der Waals surface area contributed by atoms with Crippen molar-refractivity contribution in [2.75, 3.05) is 19.7 Å². The van der Waals surface area contributed by atoms with E-state index in [4.69, 9.17) is 5.11 Å². The minimum absolute atomic E-state index is 0.0563. The zero-order chi connectivity index (χ0) is 13.2. The van der Waals surface area contributed by atoms with E-state index < -0.39 is 22.9 Å². The molecule has 1 fully saturated rings. The van der Waals surface area contributed by atoms with E-state index in [2.05, 4.69) is 4.72 Å². The van der Waals surface area contributed by atoms with Crippen molar-refractivity contribution in [3.05, 3.63) is 0 Å². The van der Waals surface area contributed by atoms with Crippen LogP contribution in [0.5, 0.6) is 0 Å². The molecule has 0 aromatic carbocycles. The highest BCUT2D eigenvalue weighted by Gasteiger charge is 2.42. The summed E-state index contributed by atoms with van der Waals surface area (Å²) in [6.07, 6.45) is -2.57. The van der Waals surface area contributed by atoms with Crippen LogP contribution < -0.4 is 9.44 Å². The molecule has 0 aromatic heterocycles. The molecule has 0 radical (unpaired) electrons. The molecule has 1 aliphatic carbocycles. The van der Waals surface area contributed by atoms with Crippen LogP contribution in [0, 0.1) is 5.41 Å². The van der Waals surface area contributed by atoms with E-state index in [1.54, 1.807) is 0 Å². The number of aliphatic hydroxyl groups is 1. The molecule has 0 spiro atoms. The van der Waals surface area contributed by atoms with Crippen LogP contribution in [0.1, 0.15) is 19.3 Å². The lowest BCUT2D eigenvalue weighted by atomic mass is 10.0. The van der Waals surface area contributed by atoms with Gasteiger partial charge in [-0.15, -0.1) is 0 Å². The quantitative estimate of drug-likeness (QED) is 0.618. The Bertz CT molecular complexity index is 352. The monoisotopic (exact) mass is 276 g/mol. The summed E-state index contributed by atoms with van der Waals surface area (Å²) < 4.78 is 61.2. The Balaban J connectivity index is 2.35. The van der Waals surface area contributed by atoms with Crippen molar-refractivity contribution >= 4 is 10.2 Å². The van der Waals surface area contributed by atoms with Crippen LogP contribution >= 0.6 is 0 Å². The average Bonchev–Trinajstić information content (AvgIpc) is 2.93. The average molecular weight is 276 g/mol. The summed E-state index contributed by atoms with van der Waals surface area (Å²) in [6.45, 7) is -1.59. The van der Waals surface area contributed by atoms with Gasteiger partial charge in [-0.05, 0) is 24.7 Å². The maximum Gasteiger partial charge on any atom is 0.402 e. The van der Waals surface area contributed by atoms with Crippen LogP contribution in [0.2, 0.25) is 0 Å². The minimum Gasteiger partial charge on any atom is -0.396 e. The van der Waals surface area contributed by atoms with Crippen LogP contribution in [0.25, 0.3) is 0 Å². The molecule has 17 heavy (non-hydrogen) atoms. The second-order valence-electron chi connectivity index (χ2n) is 4.23. The first kappa shape index (κ1) is 14.7. The van der Waals surface area contributed by atoms with E-state index in [9.17, 15) is 21.6 Å². The molecule has 5 nitrogen and oxygen atoms in total. The summed E-state index contributed by atoms with van der Waals surface area (Å²) >= 11 is 0. The highest BCUT2D eigenvalue weighted by atomic mass is 32.2. The third-order valence-electron chi connectivity index (χ3n) is 2.70. The van der Waals surface area contributed by atoms with Gasteiger partial charge in [-0.25, -0.2) is 4.72 Å². The standard InChI is InChI=1S/C8H15F3N2O3S/c9-8(10,11)6-13-17(15,16)12-5-7(1-2-7)3-4-14/h12-14H,1-6H2. The Hall–Kier alpha value is -0.380. The van der Waals surface area contributed by atoms with Gasteiger partial charge in [-0.1, -0.05) is 0 Å². The highest BCUT2D eigenvalue weighted by Crippen LogP contribution is 2.47. The summed E-state index contributed by atoms with van der Waals surface area (Å²) in [5.41, 5.74) is -0.276. The molecule has 0 bridgehead atoms. The first-order valence-corrected chi connectivity index (χ1v) is 6.58. The SMILES string of the molecule is O=S(=O)(NCC(F)(F)F)NCC1(CCO)CC1. The Morgan fingerprint density at radius 1 is 1.24 bits per heavy atom. The Morgan fingerprint density at radius 3 is 2.24 bits per heavy atom. The smallest absolute Gasteiger partial charge is 0.396 e. The molecule has 1 rings (SSSR count). The number of halogens is 3. The van der Waals surface area contributed by atoms with Crippen molar-refractivity contribution < 1.29 is 26.7 Å². The molecule has 0 aliphatic heterocycles. The molecule has 102 valence electrons. The third kappa shape index (κ3) is 5.66. The van der Waals surface area contributed by atoms with Gasteiger partial charge in [0.2, 0.25) is 0 Å². The fourth-order valence-electron chi connectivity index (χ4n) is 1.41. The van der Waals surface area contributed by atoms with Gasteiger partial charge in [-0.3, -0.25) is 0 Å². The molecule has 0 aromatic rings. The lowest BCUT2D eigenvalue weighted by molar-refractivity contribution is -0.121. The molecule has 1 aliphatic rings. The van der Waals surface area contributed by atoms with Crippen molar-refractivity contribution in [1.29, 1.82) is 0 Å². The Morgan fingerprint density at radius 2 is 1.82 bits per heavy atom. The first-order chi connectivity index (χ1) is 7.68. The van der Waals surface area contributed by atoms with Crippen LogP contribution in [-0.4, -0.2) is 39.4 Å². The number of aliphatic hydroxyl groups excluding tert-OH is 1. The lowest BCUT2D eigenvalue weighted by Crippen LogP contribution is -2.43. The second-order valence-corrected chi connectivity index (χ2v) is 5.82. The number of hydrogen-bond acceptors (Lipinski definition) is 3. The van der Waals surface area contributed by atoms with Crippen molar-refractivity contribution in [2.24, 2.45) is 5.41 Å². The van der Waals surface area contributed by atoms with Gasteiger partial charge >= 0.3 is 6.18 Å². The normalized spacial score (nSPS) is 19.3. The van der Waals surface area contributed by atoms with E-state index in [0.717, 1.165) is 12.8 Å². The summed E-state index contributed by atoms with van der Waals surface area (Å²) in [6, 6.07) is 0. The van der Waals surface area contributed by atoms with Gasteiger partial charge < -0.3 is 5.11 Å². The number of alkyl halides is 3. The maximum atomic E-state index is 11.8. The van der Waals surface area contributed by atoms with E-state index in [-0.39, 0.29) is 18.6 Å².